The molecular formula is C13H13F2N3. The zero-order chi connectivity index (χ0) is 13.0. The average molecular weight is 249 g/mol. The second-order valence-corrected chi connectivity index (χ2v) is 3.73. The summed E-state index contributed by atoms with van der Waals surface area (Å²) in [5.74, 6) is -0.856. The number of hydrogen-bond acceptors (Lipinski definition) is 3. The Morgan fingerprint density at radius 1 is 1.11 bits per heavy atom. The van der Waals surface area contributed by atoms with Gasteiger partial charge in [-0.3, -0.25) is 0 Å². The minimum atomic E-state index is -0.683. The smallest absolute Gasteiger partial charge is 0.149 e. The summed E-state index contributed by atoms with van der Waals surface area (Å²) in [5, 5.41) is 2.99. The number of hydrogen-bond donors (Lipinski definition) is 1. The van der Waals surface area contributed by atoms with Gasteiger partial charge in [0.2, 0.25) is 0 Å². The van der Waals surface area contributed by atoms with Gasteiger partial charge in [-0.15, -0.1) is 0 Å². The first-order valence-corrected chi connectivity index (χ1v) is 5.68. The van der Waals surface area contributed by atoms with Crippen LogP contribution >= 0.6 is 0 Å². The van der Waals surface area contributed by atoms with Crippen LogP contribution in [0, 0.1) is 11.6 Å². The second kappa shape index (κ2) is 5.64. The fourth-order valence-electron chi connectivity index (χ4n) is 1.77. The van der Waals surface area contributed by atoms with Crippen LogP contribution in [0.4, 0.5) is 8.78 Å². The van der Waals surface area contributed by atoms with Crippen molar-refractivity contribution >= 4 is 0 Å². The summed E-state index contributed by atoms with van der Waals surface area (Å²) in [7, 11) is 0. The molecule has 18 heavy (non-hydrogen) atoms. The summed E-state index contributed by atoms with van der Waals surface area (Å²) >= 11 is 0. The molecule has 0 spiro atoms. The van der Waals surface area contributed by atoms with E-state index in [1.165, 1.54) is 18.2 Å². The number of rotatable bonds is 4. The van der Waals surface area contributed by atoms with Crippen molar-refractivity contribution in [3.8, 4) is 0 Å². The molecule has 1 heterocycles. The van der Waals surface area contributed by atoms with Gasteiger partial charge in [-0.2, -0.15) is 0 Å². The molecule has 0 bridgehead atoms. The van der Waals surface area contributed by atoms with Crippen LogP contribution in [0.15, 0.2) is 36.7 Å². The molecule has 0 radical (unpaired) electrons. The van der Waals surface area contributed by atoms with E-state index in [0.29, 0.717) is 12.4 Å². The molecule has 0 fully saturated rings. The minimum Gasteiger partial charge on any atom is -0.304 e. The molecular weight excluding hydrogens is 236 g/mol. The van der Waals surface area contributed by atoms with E-state index in [4.69, 9.17) is 0 Å². The van der Waals surface area contributed by atoms with Gasteiger partial charge in [0.05, 0.1) is 6.04 Å². The normalized spacial score (nSPS) is 12.4. The average Bonchev–Trinajstić information content (AvgIpc) is 2.38. The second-order valence-electron chi connectivity index (χ2n) is 3.73. The highest BCUT2D eigenvalue weighted by atomic mass is 19.1. The molecule has 1 atom stereocenters. The summed E-state index contributed by atoms with van der Waals surface area (Å²) in [6.07, 6.45) is 3.09. The van der Waals surface area contributed by atoms with E-state index >= 15 is 0 Å². The summed E-state index contributed by atoms with van der Waals surface area (Å²) < 4.78 is 27.5. The highest BCUT2D eigenvalue weighted by molar-refractivity contribution is 5.28. The Morgan fingerprint density at radius 3 is 2.28 bits per heavy atom. The van der Waals surface area contributed by atoms with E-state index in [9.17, 15) is 8.78 Å². The van der Waals surface area contributed by atoms with Gasteiger partial charge in [0.25, 0.3) is 0 Å². The summed E-state index contributed by atoms with van der Waals surface area (Å²) in [6.45, 7) is 2.41. The fraction of sp³-hybridized carbons (Fsp3) is 0.231. The van der Waals surface area contributed by atoms with Crippen LogP contribution < -0.4 is 5.32 Å². The van der Waals surface area contributed by atoms with Gasteiger partial charge in [0.15, 0.2) is 0 Å². The largest absolute Gasteiger partial charge is 0.304 e. The Balaban J connectivity index is 2.48. The van der Waals surface area contributed by atoms with Crippen LogP contribution in [-0.2, 0) is 0 Å². The molecule has 1 aromatic carbocycles. The number of halogens is 2. The van der Waals surface area contributed by atoms with Crippen molar-refractivity contribution in [3.05, 3.63) is 59.7 Å². The van der Waals surface area contributed by atoms with Gasteiger partial charge in [-0.1, -0.05) is 13.0 Å². The van der Waals surface area contributed by atoms with Crippen molar-refractivity contribution < 1.29 is 8.78 Å². The van der Waals surface area contributed by atoms with Crippen LogP contribution in [0.5, 0.6) is 0 Å². The van der Waals surface area contributed by atoms with E-state index in [-0.39, 0.29) is 5.56 Å². The quantitative estimate of drug-likeness (QED) is 0.904. The van der Waals surface area contributed by atoms with Crippen molar-refractivity contribution in [2.75, 3.05) is 6.54 Å². The van der Waals surface area contributed by atoms with Gasteiger partial charge in [-0.05, 0) is 24.7 Å². The van der Waals surface area contributed by atoms with Crippen LogP contribution in [0.25, 0.3) is 0 Å². The number of benzene rings is 1. The monoisotopic (exact) mass is 249 g/mol. The first-order chi connectivity index (χ1) is 8.74. The molecule has 2 aromatic rings. The number of aromatic nitrogens is 2. The lowest BCUT2D eigenvalue weighted by molar-refractivity contribution is 0.498. The van der Waals surface area contributed by atoms with Crippen molar-refractivity contribution in [1.29, 1.82) is 0 Å². The van der Waals surface area contributed by atoms with Crippen LogP contribution in [0.3, 0.4) is 0 Å². The van der Waals surface area contributed by atoms with Gasteiger partial charge in [-0.25, -0.2) is 18.7 Å². The standard InChI is InChI=1S/C13H13F2N3/c1-2-16-12(13-17-7-4-8-18-13)11-9(14)5-3-6-10(11)15/h3-8,12,16H,2H2,1H3. The minimum absolute atomic E-state index is 0.0504. The summed E-state index contributed by atoms with van der Waals surface area (Å²) in [6, 6.07) is 4.77. The molecule has 1 unspecified atom stereocenters. The van der Waals surface area contributed by atoms with E-state index in [2.05, 4.69) is 15.3 Å². The highest BCUT2D eigenvalue weighted by Crippen LogP contribution is 2.24. The summed E-state index contributed by atoms with van der Waals surface area (Å²) in [5.41, 5.74) is -0.0504. The molecule has 0 aliphatic carbocycles. The Morgan fingerprint density at radius 2 is 1.72 bits per heavy atom. The maximum Gasteiger partial charge on any atom is 0.149 e. The molecule has 3 nitrogen and oxygen atoms in total. The lowest BCUT2D eigenvalue weighted by Crippen LogP contribution is -2.25. The molecule has 0 aliphatic rings. The summed E-state index contributed by atoms with van der Waals surface area (Å²) in [4.78, 5) is 8.10. The third-order valence-electron chi connectivity index (χ3n) is 2.54. The first-order valence-electron chi connectivity index (χ1n) is 5.68. The Kier molecular flexibility index (Phi) is 3.94. The van der Waals surface area contributed by atoms with Gasteiger partial charge in [0.1, 0.15) is 17.5 Å². The van der Waals surface area contributed by atoms with Crippen molar-refractivity contribution in [2.24, 2.45) is 0 Å². The lowest BCUT2D eigenvalue weighted by atomic mass is 10.0. The predicted molar refractivity (Wildman–Crippen MR) is 63.9 cm³/mol. The SMILES string of the molecule is CCNC(c1ncccn1)c1c(F)cccc1F. The Labute approximate surface area is 104 Å². The molecule has 0 aliphatic heterocycles. The van der Waals surface area contributed by atoms with Crippen LogP contribution in [-0.4, -0.2) is 16.5 Å². The van der Waals surface area contributed by atoms with Crippen molar-refractivity contribution in [1.82, 2.24) is 15.3 Å². The molecule has 1 aromatic heterocycles. The Hall–Kier alpha value is -1.88. The van der Waals surface area contributed by atoms with Gasteiger partial charge in [0, 0.05) is 18.0 Å². The third-order valence-corrected chi connectivity index (χ3v) is 2.54. The van der Waals surface area contributed by atoms with Gasteiger partial charge >= 0.3 is 0 Å². The zero-order valence-electron chi connectivity index (χ0n) is 9.90. The molecule has 0 saturated carbocycles. The molecule has 1 N–H and O–H groups in total. The highest BCUT2D eigenvalue weighted by Gasteiger charge is 2.22. The molecule has 2 rings (SSSR count). The van der Waals surface area contributed by atoms with Crippen LogP contribution in [0.1, 0.15) is 24.4 Å². The third kappa shape index (κ3) is 2.51. The van der Waals surface area contributed by atoms with Crippen LogP contribution in [0.2, 0.25) is 0 Å². The molecule has 0 amide bonds. The maximum absolute atomic E-state index is 13.8. The van der Waals surface area contributed by atoms with E-state index in [1.54, 1.807) is 18.5 Å². The number of nitrogens with zero attached hydrogens (tertiary/aromatic N) is 2. The number of nitrogens with one attached hydrogen (secondary N) is 1. The first kappa shape index (κ1) is 12.6. The fourth-order valence-corrected chi connectivity index (χ4v) is 1.77. The maximum atomic E-state index is 13.8. The predicted octanol–water partition coefficient (Wildman–Crippen LogP) is 2.45. The molecule has 0 saturated heterocycles. The Bertz CT molecular complexity index is 497. The van der Waals surface area contributed by atoms with E-state index in [0.717, 1.165) is 0 Å². The van der Waals surface area contributed by atoms with E-state index < -0.39 is 17.7 Å². The van der Waals surface area contributed by atoms with E-state index in [1.807, 2.05) is 6.92 Å². The zero-order valence-corrected chi connectivity index (χ0v) is 9.90. The lowest BCUT2D eigenvalue weighted by Gasteiger charge is -2.17. The molecule has 94 valence electrons. The van der Waals surface area contributed by atoms with Crippen molar-refractivity contribution in [2.45, 2.75) is 13.0 Å². The van der Waals surface area contributed by atoms with Crippen molar-refractivity contribution in [3.63, 3.8) is 0 Å². The van der Waals surface area contributed by atoms with Gasteiger partial charge < -0.3 is 5.32 Å². The topological polar surface area (TPSA) is 37.8 Å². The molecule has 5 heteroatoms.